The second kappa shape index (κ2) is 4.10. The van der Waals surface area contributed by atoms with Crippen molar-refractivity contribution in [2.24, 2.45) is 11.8 Å². The molecule has 2 aliphatic rings. The monoisotopic (exact) mass is 212 g/mol. The van der Waals surface area contributed by atoms with Crippen molar-refractivity contribution in [1.82, 2.24) is 10.2 Å². The highest BCUT2D eigenvalue weighted by Crippen LogP contribution is 2.27. The number of hydrogen-bond acceptors (Lipinski definition) is 3. The third-order valence-electron chi connectivity index (χ3n) is 3.65. The molecule has 3 unspecified atom stereocenters. The Kier molecular flexibility index (Phi) is 2.98. The molecule has 2 fully saturated rings. The first kappa shape index (κ1) is 10.9. The van der Waals surface area contributed by atoms with Crippen LogP contribution in [-0.2, 0) is 9.53 Å². The van der Waals surface area contributed by atoms with Crippen molar-refractivity contribution in [1.29, 1.82) is 0 Å². The maximum absolute atomic E-state index is 11.4. The lowest BCUT2D eigenvalue weighted by Crippen LogP contribution is -2.63. The molecule has 2 aliphatic heterocycles. The molecular weight excluding hydrogens is 192 g/mol. The highest BCUT2D eigenvalue weighted by Gasteiger charge is 2.39. The maximum atomic E-state index is 11.4. The summed E-state index contributed by atoms with van der Waals surface area (Å²) in [6.07, 6.45) is 1.32. The number of piperidine rings is 1. The number of nitrogens with zero attached hydrogens (tertiary/aromatic N) is 1. The largest absolute Gasteiger partial charge is 0.365 e. The number of carbonyl (C=O) groups is 1. The maximum Gasteiger partial charge on any atom is 0.249 e. The molecule has 0 spiro atoms. The molecule has 0 bridgehead atoms. The summed E-state index contributed by atoms with van der Waals surface area (Å²) in [5.74, 6) is 1.41. The van der Waals surface area contributed by atoms with E-state index in [0.29, 0.717) is 11.8 Å². The van der Waals surface area contributed by atoms with Crippen LogP contribution >= 0.6 is 0 Å². The summed E-state index contributed by atoms with van der Waals surface area (Å²) in [6, 6.07) is 0. The molecule has 1 amide bonds. The zero-order valence-corrected chi connectivity index (χ0v) is 9.69. The summed E-state index contributed by atoms with van der Waals surface area (Å²) in [4.78, 5) is 13.2. The van der Waals surface area contributed by atoms with Gasteiger partial charge in [-0.2, -0.15) is 0 Å². The minimum atomic E-state index is 0.0757. The Bertz CT molecular complexity index is 255. The number of rotatable bonds is 1. The predicted molar refractivity (Wildman–Crippen MR) is 57.2 cm³/mol. The van der Waals surface area contributed by atoms with E-state index < -0.39 is 0 Å². The lowest BCUT2D eigenvalue weighted by atomic mass is 9.85. The van der Waals surface area contributed by atoms with Gasteiger partial charge in [0.25, 0.3) is 0 Å². The number of amides is 1. The van der Waals surface area contributed by atoms with Gasteiger partial charge in [-0.25, -0.2) is 0 Å². The SMILES string of the molecule is CC(C)C1CNC2C(C1)OCC(=O)N2C. The minimum Gasteiger partial charge on any atom is -0.365 e. The Labute approximate surface area is 91.0 Å². The van der Waals surface area contributed by atoms with E-state index in [1.807, 2.05) is 7.05 Å². The van der Waals surface area contributed by atoms with Crippen LogP contribution < -0.4 is 5.32 Å². The first-order valence-electron chi connectivity index (χ1n) is 5.70. The molecule has 86 valence electrons. The van der Waals surface area contributed by atoms with Crippen molar-refractivity contribution in [3.8, 4) is 0 Å². The van der Waals surface area contributed by atoms with Crippen LogP contribution in [0.5, 0.6) is 0 Å². The molecule has 0 saturated carbocycles. The van der Waals surface area contributed by atoms with Crippen molar-refractivity contribution in [2.45, 2.75) is 32.5 Å². The van der Waals surface area contributed by atoms with Crippen molar-refractivity contribution in [3.05, 3.63) is 0 Å². The van der Waals surface area contributed by atoms with Crippen molar-refractivity contribution in [3.63, 3.8) is 0 Å². The van der Waals surface area contributed by atoms with Crippen molar-refractivity contribution >= 4 is 5.91 Å². The number of ether oxygens (including phenoxy) is 1. The topological polar surface area (TPSA) is 41.6 Å². The van der Waals surface area contributed by atoms with Crippen molar-refractivity contribution in [2.75, 3.05) is 20.2 Å². The molecule has 4 nitrogen and oxygen atoms in total. The van der Waals surface area contributed by atoms with Gasteiger partial charge in [0.15, 0.2) is 0 Å². The van der Waals surface area contributed by atoms with E-state index in [4.69, 9.17) is 4.74 Å². The smallest absolute Gasteiger partial charge is 0.249 e. The molecule has 0 aromatic rings. The van der Waals surface area contributed by atoms with Crippen LogP contribution in [0.2, 0.25) is 0 Å². The average Bonchev–Trinajstić information content (AvgIpc) is 2.23. The second-order valence-corrected chi connectivity index (χ2v) is 4.95. The molecule has 15 heavy (non-hydrogen) atoms. The minimum absolute atomic E-state index is 0.0757. The third-order valence-corrected chi connectivity index (χ3v) is 3.65. The Balaban J connectivity index is 2.01. The van der Waals surface area contributed by atoms with Gasteiger partial charge in [0.05, 0.1) is 6.10 Å². The van der Waals surface area contributed by atoms with Gasteiger partial charge in [-0.15, -0.1) is 0 Å². The second-order valence-electron chi connectivity index (χ2n) is 4.95. The molecule has 2 heterocycles. The number of hydrogen-bond donors (Lipinski definition) is 1. The quantitative estimate of drug-likeness (QED) is 0.685. The summed E-state index contributed by atoms with van der Waals surface area (Å²) in [5, 5.41) is 3.41. The molecule has 2 rings (SSSR count). The molecule has 3 atom stereocenters. The molecule has 1 N–H and O–H groups in total. The third kappa shape index (κ3) is 2.01. The average molecular weight is 212 g/mol. The molecule has 2 saturated heterocycles. The van der Waals surface area contributed by atoms with Gasteiger partial charge in [-0.3, -0.25) is 10.1 Å². The zero-order valence-electron chi connectivity index (χ0n) is 9.69. The number of likely N-dealkylation sites (N-methyl/N-ethyl adjacent to an activating group) is 1. The fourth-order valence-corrected chi connectivity index (χ4v) is 2.40. The number of carbonyl (C=O) groups excluding carboxylic acids is 1. The molecule has 4 heteroatoms. The van der Waals surface area contributed by atoms with Crippen molar-refractivity contribution < 1.29 is 9.53 Å². The Hall–Kier alpha value is -0.610. The van der Waals surface area contributed by atoms with Crippen LogP contribution in [0.4, 0.5) is 0 Å². The van der Waals surface area contributed by atoms with E-state index in [-0.39, 0.29) is 24.8 Å². The van der Waals surface area contributed by atoms with Crippen LogP contribution in [0, 0.1) is 11.8 Å². The highest BCUT2D eigenvalue weighted by molar-refractivity contribution is 5.78. The Morgan fingerprint density at radius 2 is 2.27 bits per heavy atom. The molecular formula is C11H20N2O2. The Morgan fingerprint density at radius 3 is 2.93 bits per heavy atom. The Morgan fingerprint density at radius 1 is 1.53 bits per heavy atom. The van der Waals surface area contributed by atoms with E-state index in [2.05, 4.69) is 19.2 Å². The van der Waals surface area contributed by atoms with Crippen LogP contribution in [0.1, 0.15) is 20.3 Å². The van der Waals surface area contributed by atoms with Crippen LogP contribution in [0.3, 0.4) is 0 Å². The van der Waals surface area contributed by atoms with Gasteiger partial charge >= 0.3 is 0 Å². The van der Waals surface area contributed by atoms with Gasteiger partial charge in [0, 0.05) is 13.6 Å². The molecule has 0 aromatic carbocycles. The lowest BCUT2D eigenvalue weighted by Gasteiger charge is -2.45. The normalized spacial score (nSPS) is 36.9. The van der Waals surface area contributed by atoms with E-state index >= 15 is 0 Å². The first-order valence-corrected chi connectivity index (χ1v) is 5.70. The highest BCUT2D eigenvalue weighted by atomic mass is 16.5. The summed E-state index contributed by atoms with van der Waals surface area (Å²) in [7, 11) is 1.85. The number of nitrogens with one attached hydrogen (secondary N) is 1. The van der Waals surface area contributed by atoms with Crippen LogP contribution in [0.15, 0.2) is 0 Å². The predicted octanol–water partition coefficient (Wildman–Crippen LogP) is 0.435. The van der Waals surface area contributed by atoms with Crippen LogP contribution in [-0.4, -0.2) is 43.3 Å². The summed E-state index contributed by atoms with van der Waals surface area (Å²) < 4.78 is 5.59. The molecule has 0 aromatic heterocycles. The van der Waals surface area contributed by atoms with Gasteiger partial charge in [-0.1, -0.05) is 13.8 Å². The van der Waals surface area contributed by atoms with E-state index in [1.54, 1.807) is 4.90 Å². The lowest BCUT2D eigenvalue weighted by molar-refractivity contribution is -0.162. The van der Waals surface area contributed by atoms with Gasteiger partial charge in [0.2, 0.25) is 5.91 Å². The fraction of sp³-hybridized carbons (Fsp3) is 0.909. The molecule has 0 radical (unpaired) electrons. The van der Waals surface area contributed by atoms with Gasteiger partial charge in [-0.05, 0) is 18.3 Å². The summed E-state index contributed by atoms with van der Waals surface area (Å²) >= 11 is 0. The van der Waals surface area contributed by atoms with E-state index in [0.717, 1.165) is 13.0 Å². The van der Waals surface area contributed by atoms with Crippen LogP contribution in [0.25, 0.3) is 0 Å². The summed E-state index contributed by atoms with van der Waals surface area (Å²) in [6.45, 7) is 5.71. The number of morpholine rings is 1. The summed E-state index contributed by atoms with van der Waals surface area (Å²) in [5.41, 5.74) is 0. The fourth-order valence-electron chi connectivity index (χ4n) is 2.40. The van der Waals surface area contributed by atoms with E-state index in [9.17, 15) is 4.79 Å². The standard InChI is InChI=1S/C11H20N2O2/c1-7(2)8-4-9-11(12-5-8)13(3)10(14)6-15-9/h7-9,11-12H,4-6H2,1-3H3. The van der Waals surface area contributed by atoms with Gasteiger partial charge in [0.1, 0.15) is 12.8 Å². The van der Waals surface area contributed by atoms with E-state index in [1.165, 1.54) is 0 Å². The molecule has 0 aliphatic carbocycles. The first-order chi connectivity index (χ1) is 7.09. The number of fused-ring (bicyclic) bond motifs is 1. The zero-order chi connectivity index (χ0) is 11.0. The van der Waals surface area contributed by atoms with Gasteiger partial charge < -0.3 is 9.64 Å².